The van der Waals surface area contributed by atoms with E-state index < -0.39 is 0 Å². The van der Waals surface area contributed by atoms with E-state index in [0.29, 0.717) is 6.61 Å². The number of hydrogen-bond acceptors (Lipinski definition) is 4. The van der Waals surface area contributed by atoms with Crippen molar-refractivity contribution in [1.29, 1.82) is 0 Å². The van der Waals surface area contributed by atoms with Gasteiger partial charge in [0.05, 0.1) is 7.11 Å². The van der Waals surface area contributed by atoms with E-state index in [9.17, 15) is 0 Å². The lowest BCUT2D eigenvalue weighted by molar-refractivity contribution is 0.253. The Hall–Kier alpha value is -3.44. The molecule has 4 aromatic rings. The van der Waals surface area contributed by atoms with Gasteiger partial charge in [-0.3, -0.25) is 4.90 Å². The molecule has 1 aliphatic heterocycles. The van der Waals surface area contributed by atoms with Crippen molar-refractivity contribution in [1.82, 2.24) is 9.88 Å². The Morgan fingerprint density at radius 2 is 1.60 bits per heavy atom. The summed E-state index contributed by atoms with van der Waals surface area (Å²) in [6, 6.07) is 25.1. The number of anilines is 1. The van der Waals surface area contributed by atoms with Gasteiger partial charge in [-0.05, 0) is 79.4 Å². The summed E-state index contributed by atoms with van der Waals surface area (Å²) in [7, 11) is 1.73. The molecule has 1 aromatic heterocycles. The maximum Gasteiger partial charge on any atom is 0.119 e. The van der Waals surface area contributed by atoms with Crippen LogP contribution in [0.25, 0.3) is 10.9 Å². The highest BCUT2D eigenvalue weighted by atomic mass is 16.5. The number of methoxy groups -OCH3 is 1. The van der Waals surface area contributed by atoms with Crippen molar-refractivity contribution in [2.24, 2.45) is 0 Å². The van der Waals surface area contributed by atoms with Crippen molar-refractivity contribution >= 4 is 16.6 Å². The summed E-state index contributed by atoms with van der Waals surface area (Å²) in [5.74, 6) is 1.84. The van der Waals surface area contributed by atoms with Crippen LogP contribution in [-0.2, 0) is 13.0 Å². The van der Waals surface area contributed by atoms with Gasteiger partial charge in [-0.2, -0.15) is 0 Å². The first kappa shape index (κ1) is 23.3. The Bertz CT molecular complexity index is 1200. The number of ether oxygens (including phenoxy) is 2. The predicted molar refractivity (Wildman–Crippen MR) is 144 cm³/mol. The Balaban J connectivity index is 1.03. The van der Waals surface area contributed by atoms with Crippen LogP contribution in [0.3, 0.4) is 0 Å². The predicted octanol–water partition coefficient (Wildman–Crippen LogP) is 5.90. The van der Waals surface area contributed by atoms with Gasteiger partial charge < -0.3 is 19.4 Å². The molecule has 0 bridgehead atoms. The molecule has 5 heteroatoms. The summed E-state index contributed by atoms with van der Waals surface area (Å²) in [5, 5.41) is 1.29. The summed E-state index contributed by atoms with van der Waals surface area (Å²) < 4.78 is 11.3. The molecule has 1 fully saturated rings. The number of nitrogens with one attached hydrogen (secondary N) is 1. The first-order chi connectivity index (χ1) is 17.3. The number of H-pyrrole nitrogens is 1. The number of nitrogens with zero attached hydrogens (tertiary/aromatic N) is 2. The minimum Gasteiger partial charge on any atom is -0.497 e. The van der Waals surface area contributed by atoms with Gasteiger partial charge in [-0.25, -0.2) is 0 Å². The molecule has 1 aliphatic rings. The number of unbranched alkanes of at least 4 members (excludes halogenated alkanes) is 1. The molecule has 0 unspecified atom stereocenters. The first-order valence-corrected chi connectivity index (χ1v) is 12.7. The average Bonchev–Trinajstić information content (AvgIpc) is 3.33. The van der Waals surface area contributed by atoms with Gasteiger partial charge in [0.15, 0.2) is 0 Å². The minimum absolute atomic E-state index is 0.605. The highest BCUT2D eigenvalue weighted by Crippen LogP contribution is 2.25. The van der Waals surface area contributed by atoms with Gasteiger partial charge in [0.25, 0.3) is 0 Å². The quantitative estimate of drug-likeness (QED) is 0.294. The van der Waals surface area contributed by atoms with Gasteiger partial charge in [0.1, 0.15) is 18.1 Å². The average molecular weight is 470 g/mol. The summed E-state index contributed by atoms with van der Waals surface area (Å²) in [4.78, 5) is 8.47. The molecule has 182 valence electrons. The van der Waals surface area contributed by atoms with Crippen molar-refractivity contribution in [2.75, 3.05) is 44.7 Å². The number of fused-ring (bicyclic) bond motifs is 1. The number of benzene rings is 3. The van der Waals surface area contributed by atoms with Crippen molar-refractivity contribution < 1.29 is 9.47 Å². The van der Waals surface area contributed by atoms with E-state index in [1.54, 1.807) is 7.11 Å². The van der Waals surface area contributed by atoms with Gasteiger partial charge >= 0.3 is 0 Å². The molecule has 0 atom stereocenters. The van der Waals surface area contributed by atoms with Crippen molar-refractivity contribution in [3.8, 4) is 11.5 Å². The van der Waals surface area contributed by atoms with Crippen molar-refractivity contribution in [3.05, 3.63) is 90.1 Å². The zero-order valence-electron chi connectivity index (χ0n) is 20.6. The van der Waals surface area contributed by atoms with E-state index in [1.165, 1.54) is 47.1 Å². The van der Waals surface area contributed by atoms with Crippen LogP contribution in [0.2, 0.25) is 0 Å². The van der Waals surface area contributed by atoms with Crippen LogP contribution in [0, 0.1) is 0 Å². The van der Waals surface area contributed by atoms with Crippen LogP contribution in [0.1, 0.15) is 24.0 Å². The summed E-state index contributed by atoms with van der Waals surface area (Å²) in [6.07, 6.45) is 5.69. The third-order valence-electron chi connectivity index (χ3n) is 6.97. The summed E-state index contributed by atoms with van der Waals surface area (Å²) in [6.45, 7) is 6.17. The molecule has 0 spiro atoms. The highest BCUT2D eigenvalue weighted by Gasteiger charge is 2.17. The Morgan fingerprint density at radius 3 is 2.37 bits per heavy atom. The van der Waals surface area contributed by atoms with E-state index in [-0.39, 0.29) is 0 Å². The van der Waals surface area contributed by atoms with E-state index >= 15 is 0 Å². The molecule has 0 amide bonds. The van der Waals surface area contributed by atoms with Gasteiger partial charge in [0, 0.05) is 49.0 Å². The Labute approximate surface area is 208 Å². The Kier molecular flexibility index (Phi) is 7.54. The van der Waals surface area contributed by atoms with Gasteiger partial charge in [0.2, 0.25) is 0 Å². The van der Waals surface area contributed by atoms with E-state index in [4.69, 9.17) is 9.47 Å². The number of piperazine rings is 1. The molecule has 35 heavy (non-hydrogen) atoms. The van der Waals surface area contributed by atoms with Gasteiger partial charge in [-0.1, -0.05) is 30.3 Å². The van der Waals surface area contributed by atoms with Crippen LogP contribution in [-0.4, -0.2) is 49.7 Å². The molecular formula is C30H35N3O2. The lowest BCUT2D eigenvalue weighted by Gasteiger charge is -2.36. The lowest BCUT2D eigenvalue weighted by atomic mass is 10.1. The van der Waals surface area contributed by atoms with Crippen molar-refractivity contribution in [3.63, 3.8) is 0 Å². The SMILES string of the molecule is COc1ccc2[nH]cc(CCCCN3CCN(c4ccc(OCc5ccccc5)cc4)CC3)c2c1. The second-order valence-corrected chi connectivity index (χ2v) is 9.28. The largest absolute Gasteiger partial charge is 0.497 e. The molecule has 3 aromatic carbocycles. The lowest BCUT2D eigenvalue weighted by Crippen LogP contribution is -2.46. The molecule has 1 N–H and O–H groups in total. The number of hydrogen-bond donors (Lipinski definition) is 1. The number of rotatable bonds is 10. The topological polar surface area (TPSA) is 40.7 Å². The normalized spacial score (nSPS) is 14.4. The molecule has 0 saturated carbocycles. The van der Waals surface area contributed by atoms with Gasteiger partial charge in [-0.15, -0.1) is 0 Å². The monoisotopic (exact) mass is 469 g/mol. The maximum atomic E-state index is 5.93. The minimum atomic E-state index is 0.605. The number of aromatic nitrogens is 1. The summed E-state index contributed by atoms with van der Waals surface area (Å²) in [5.41, 5.74) is 5.05. The van der Waals surface area contributed by atoms with Crippen LogP contribution in [0.5, 0.6) is 11.5 Å². The zero-order valence-corrected chi connectivity index (χ0v) is 20.6. The fourth-order valence-corrected chi connectivity index (χ4v) is 4.87. The number of aromatic amines is 1. The third-order valence-corrected chi connectivity index (χ3v) is 6.97. The molecule has 1 saturated heterocycles. The summed E-state index contributed by atoms with van der Waals surface area (Å²) >= 11 is 0. The van der Waals surface area contributed by atoms with E-state index in [1.807, 2.05) is 24.3 Å². The number of aryl methyl sites for hydroxylation is 1. The molecule has 2 heterocycles. The smallest absolute Gasteiger partial charge is 0.119 e. The molecule has 0 aliphatic carbocycles. The third kappa shape index (κ3) is 5.98. The fourth-order valence-electron chi connectivity index (χ4n) is 4.87. The molecule has 5 rings (SSSR count). The highest BCUT2D eigenvalue weighted by molar-refractivity contribution is 5.84. The van der Waals surface area contributed by atoms with Crippen LogP contribution >= 0.6 is 0 Å². The zero-order chi connectivity index (χ0) is 23.9. The second kappa shape index (κ2) is 11.3. The van der Waals surface area contributed by atoms with Crippen LogP contribution in [0.4, 0.5) is 5.69 Å². The first-order valence-electron chi connectivity index (χ1n) is 12.7. The van der Waals surface area contributed by atoms with E-state index in [2.05, 4.69) is 69.5 Å². The molecular weight excluding hydrogens is 434 g/mol. The van der Waals surface area contributed by atoms with E-state index in [0.717, 1.165) is 44.1 Å². The van der Waals surface area contributed by atoms with Crippen LogP contribution < -0.4 is 14.4 Å². The fraction of sp³-hybridized carbons (Fsp3) is 0.333. The molecule has 5 nitrogen and oxygen atoms in total. The maximum absolute atomic E-state index is 5.93. The Morgan fingerprint density at radius 1 is 0.829 bits per heavy atom. The van der Waals surface area contributed by atoms with Crippen LogP contribution in [0.15, 0.2) is 79.0 Å². The molecule has 0 radical (unpaired) electrons. The second-order valence-electron chi connectivity index (χ2n) is 9.28. The van der Waals surface area contributed by atoms with Crippen molar-refractivity contribution in [2.45, 2.75) is 25.9 Å². The standard InChI is InChI=1S/C30H35N3O2/c1-34-28-14-15-30-29(21-28)25(22-31-30)9-5-6-16-32-17-19-33(20-18-32)26-10-12-27(13-11-26)35-23-24-7-3-2-4-8-24/h2-4,7-8,10-15,21-22,31H,5-6,9,16-20,23H2,1H3.